The number of nitrogens with zero attached hydrogens (tertiary/aromatic N) is 2. The number of anilines is 1. The predicted octanol–water partition coefficient (Wildman–Crippen LogP) is 4.74. The van der Waals surface area contributed by atoms with E-state index in [9.17, 15) is 0 Å². The van der Waals surface area contributed by atoms with Crippen LogP contribution in [0.5, 0.6) is 0 Å². The molecular formula is C16H20ClN3. The molecular weight excluding hydrogens is 270 g/mol. The zero-order chi connectivity index (χ0) is 14.5. The topological polar surface area (TPSA) is 37.8 Å². The van der Waals surface area contributed by atoms with E-state index in [0.29, 0.717) is 16.8 Å². The Bertz CT molecular complexity index is 582. The minimum Gasteiger partial charge on any atom is -0.370 e. The molecule has 0 saturated heterocycles. The number of hydrogen-bond acceptors (Lipinski definition) is 3. The van der Waals surface area contributed by atoms with Crippen LogP contribution in [0.2, 0.25) is 5.02 Å². The molecule has 106 valence electrons. The first-order valence-corrected chi connectivity index (χ1v) is 7.37. The van der Waals surface area contributed by atoms with Crippen LogP contribution in [0.15, 0.2) is 30.3 Å². The standard InChI is InChI=1S/C16H20ClN3/c1-4-9-18-15-10-14(11(2)3)19-16(20-15)12-7-5-6-8-13(12)17/h5-8,10-11H,4,9H2,1-3H3,(H,18,19,20). The van der Waals surface area contributed by atoms with Gasteiger partial charge in [-0.3, -0.25) is 0 Å². The van der Waals surface area contributed by atoms with Crippen molar-refractivity contribution in [3.8, 4) is 11.4 Å². The number of benzene rings is 1. The Morgan fingerprint density at radius 1 is 1.20 bits per heavy atom. The van der Waals surface area contributed by atoms with Crippen molar-refractivity contribution < 1.29 is 0 Å². The quantitative estimate of drug-likeness (QED) is 0.864. The van der Waals surface area contributed by atoms with Gasteiger partial charge in [0.15, 0.2) is 5.82 Å². The Kier molecular flexibility index (Phi) is 4.96. The van der Waals surface area contributed by atoms with Crippen LogP contribution in [0.1, 0.15) is 38.8 Å². The van der Waals surface area contributed by atoms with Gasteiger partial charge in [-0.05, 0) is 24.5 Å². The second-order valence-corrected chi connectivity index (χ2v) is 5.47. The van der Waals surface area contributed by atoms with Gasteiger partial charge in [-0.15, -0.1) is 0 Å². The van der Waals surface area contributed by atoms with Crippen LogP contribution < -0.4 is 5.32 Å². The van der Waals surface area contributed by atoms with E-state index in [1.54, 1.807) is 0 Å². The predicted molar refractivity (Wildman–Crippen MR) is 85.3 cm³/mol. The molecule has 4 heteroatoms. The van der Waals surface area contributed by atoms with Gasteiger partial charge in [0, 0.05) is 23.9 Å². The van der Waals surface area contributed by atoms with Crippen molar-refractivity contribution >= 4 is 17.4 Å². The van der Waals surface area contributed by atoms with Gasteiger partial charge >= 0.3 is 0 Å². The van der Waals surface area contributed by atoms with Crippen LogP contribution in [0.3, 0.4) is 0 Å². The summed E-state index contributed by atoms with van der Waals surface area (Å²) in [6.07, 6.45) is 1.06. The SMILES string of the molecule is CCCNc1cc(C(C)C)nc(-c2ccccc2Cl)n1. The third-order valence-electron chi connectivity index (χ3n) is 3.01. The summed E-state index contributed by atoms with van der Waals surface area (Å²) in [4.78, 5) is 9.21. The van der Waals surface area contributed by atoms with E-state index >= 15 is 0 Å². The van der Waals surface area contributed by atoms with E-state index in [0.717, 1.165) is 30.0 Å². The molecule has 1 heterocycles. The lowest BCUT2D eigenvalue weighted by Gasteiger charge is -2.12. The highest BCUT2D eigenvalue weighted by Crippen LogP contribution is 2.27. The molecule has 1 N–H and O–H groups in total. The Balaban J connectivity index is 2.46. The van der Waals surface area contributed by atoms with Crippen molar-refractivity contribution in [1.29, 1.82) is 0 Å². The lowest BCUT2D eigenvalue weighted by molar-refractivity contribution is 0.816. The van der Waals surface area contributed by atoms with E-state index in [1.165, 1.54) is 0 Å². The maximum absolute atomic E-state index is 6.25. The Morgan fingerprint density at radius 3 is 2.60 bits per heavy atom. The van der Waals surface area contributed by atoms with Crippen molar-refractivity contribution in [2.45, 2.75) is 33.1 Å². The molecule has 0 radical (unpaired) electrons. The number of halogens is 1. The normalized spacial score (nSPS) is 10.8. The highest BCUT2D eigenvalue weighted by molar-refractivity contribution is 6.33. The van der Waals surface area contributed by atoms with Crippen molar-refractivity contribution in [1.82, 2.24) is 9.97 Å². The molecule has 0 aliphatic rings. The Morgan fingerprint density at radius 2 is 1.95 bits per heavy atom. The van der Waals surface area contributed by atoms with Crippen molar-refractivity contribution in [3.05, 3.63) is 41.0 Å². The molecule has 0 spiro atoms. The molecule has 1 aromatic heterocycles. The van der Waals surface area contributed by atoms with Gasteiger partial charge in [0.2, 0.25) is 0 Å². The molecule has 0 fully saturated rings. The number of aromatic nitrogens is 2. The number of hydrogen-bond donors (Lipinski definition) is 1. The highest BCUT2D eigenvalue weighted by atomic mass is 35.5. The van der Waals surface area contributed by atoms with Gasteiger partial charge in [-0.25, -0.2) is 9.97 Å². The van der Waals surface area contributed by atoms with Crippen molar-refractivity contribution in [2.75, 3.05) is 11.9 Å². The van der Waals surface area contributed by atoms with Crippen LogP contribution in [-0.4, -0.2) is 16.5 Å². The molecule has 0 aliphatic heterocycles. The van der Waals surface area contributed by atoms with Crippen LogP contribution in [-0.2, 0) is 0 Å². The fraction of sp³-hybridized carbons (Fsp3) is 0.375. The van der Waals surface area contributed by atoms with Crippen LogP contribution in [0, 0.1) is 0 Å². The first kappa shape index (κ1) is 14.8. The summed E-state index contributed by atoms with van der Waals surface area (Å²) in [5, 5.41) is 4.00. The van der Waals surface area contributed by atoms with Crippen LogP contribution >= 0.6 is 11.6 Å². The summed E-state index contributed by atoms with van der Waals surface area (Å²) in [6.45, 7) is 7.29. The monoisotopic (exact) mass is 289 g/mol. The fourth-order valence-corrected chi connectivity index (χ4v) is 2.09. The van der Waals surface area contributed by atoms with Crippen molar-refractivity contribution in [3.63, 3.8) is 0 Å². The zero-order valence-electron chi connectivity index (χ0n) is 12.2. The molecule has 20 heavy (non-hydrogen) atoms. The lowest BCUT2D eigenvalue weighted by Crippen LogP contribution is -2.06. The van der Waals surface area contributed by atoms with Crippen LogP contribution in [0.25, 0.3) is 11.4 Å². The smallest absolute Gasteiger partial charge is 0.163 e. The van der Waals surface area contributed by atoms with E-state index in [4.69, 9.17) is 11.6 Å². The summed E-state index contributed by atoms with van der Waals surface area (Å²) >= 11 is 6.25. The first-order chi connectivity index (χ1) is 9.61. The van der Waals surface area contributed by atoms with E-state index in [1.807, 2.05) is 30.3 Å². The van der Waals surface area contributed by atoms with Crippen molar-refractivity contribution in [2.24, 2.45) is 0 Å². The molecule has 0 saturated carbocycles. The minimum absolute atomic E-state index is 0.349. The molecule has 0 unspecified atom stereocenters. The molecule has 0 atom stereocenters. The summed E-state index contributed by atoms with van der Waals surface area (Å²) < 4.78 is 0. The largest absolute Gasteiger partial charge is 0.370 e. The number of rotatable bonds is 5. The molecule has 0 amide bonds. The second kappa shape index (κ2) is 6.71. The first-order valence-electron chi connectivity index (χ1n) is 6.99. The Hall–Kier alpha value is -1.61. The second-order valence-electron chi connectivity index (χ2n) is 5.06. The maximum atomic E-state index is 6.25. The van der Waals surface area contributed by atoms with Gasteiger partial charge in [-0.2, -0.15) is 0 Å². The summed E-state index contributed by atoms with van der Waals surface area (Å²) in [5.74, 6) is 1.89. The summed E-state index contributed by atoms with van der Waals surface area (Å²) in [5.41, 5.74) is 1.89. The Labute approximate surface area is 125 Å². The zero-order valence-corrected chi connectivity index (χ0v) is 12.9. The summed E-state index contributed by atoms with van der Waals surface area (Å²) in [6, 6.07) is 9.69. The van der Waals surface area contributed by atoms with Gasteiger partial charge in [0.25, 0.3) is 0 Å². The third-order valence-corrected chi connectivity index (χ3v) is 3.34. The third kappa shape index (κ3) is 3.48. The molecule has 2 aromatic rings. The van der Waals surface area contributed by atoms with Gasteiger partial charge in [0.1, 0.15) is 5.82 Å². The van der Waals surface area contributed by atoms with Crippen LogP contribution in [0.4, 0.5) is 5.82 Å². The lowest BCUT2D eigenvalue weighted by atomic mass is 10.1. The molecule has 0 aliphatic carbocycles. The molecule has 2 rings (SSSR count). The molecule has 0 bridgehead atoms. The number of nitrogens with one attached hydrogen (secondary N) is 1. The summed E-state index contributed by atoms with van der Waals surface area (Å²) in [7, 11) is 0. The maximum Gasteiger partial charge on any atom is 0.163 e. The van der Waals surface area contributed by atoms with Gasteiger partial charge in [0.05, 0.1) is 5.02 Å². The highest BCUT2D eigenvalue weighted by Gasteiger charge is 2.11. The minimum atomic E-state index is 0.349. The average Bonchev–Trinajstić information content (AvgIpc) is 2.45. The van der Waals surface area contributed by atoms with Gasteiger partial charge < -0.3 is 5.32 Å². The van der Waals surface area contributed by atoms with E-state index < -0.39 is 0 Å². The van der Waals surface area contributed by atoms with E-state index in [2.05, 4.69) is 36.1 Å². The molecule has 3 nitrogen and oxygen atoms in total. The van der Waals surface area contributed by atoms with E-state index in [-0.39, 0.29) is 0 Å². The average molecular weight is 290 g/mol. The van der Waals surface area contributed by atoms with Gasteiger partial charge in [-0.1, -0.05) is 44.5 Å². The fourth-order valence-electron chi connectivity index (χ4n) is 1.87. The molecule has 1 aromatic carbocycles.